The Labute approximate surface area is 119 Å². The lowest BCUT2D eigenvalue weighted by Gasteiger charge is -2.41. The summed E-state index contributed by atoms with van der Waals surface area (Å²) in [6.07, 6.45) is 1.53. The maximum Gasteiger partial charge on any atom is 0.251 e. The van der Waals surface area contributed by atoms with E-state index in [1.807, 2.05) is 6.92 Å². The number of aromatic nitrogens is 1. The molecule has 0 aromatic carbocycles. The molecule has 19 heavy (non-hydrogen) atoms. The normalized spacial score (nSPS) is 18.4. The molecule has 0 spiro atoms. The molecule has 2 heterocycles. The van der Waals surface area contributed by atoms with Gasteiger partial charge in [-0.1, -0.05) is 0 Å². The Kier molecular flexibility index (Phi) is 3.25. The number of nitrogens with one attached hydrogen (secondary N) is 1. The molecule has 6 nitrogen and oxygen atoms in total. The first-order valence-electron chi connectivity index (χ1n) is 5.77. The zero-order valence-corrected chi connectivity index (χ0v) is 12.5. The molecule has 2 rings (SSSR count). The van der Waals surface area contributed by atoms with Gasteiger partial charge >= 0.3 is 0 Å². The summed E-state index contributed by atoms with van der Waals surface area (Å²) in [5, 5.41) is 2.33. The van der Waals surface area contributed by atoms with Crippen LogP contribution < -0.4 is 16.0 Å². The zero-order chi connectivity index (χ0) is 14.4. The Morgan fingerprint density at radius 2 is 2.11 bits per heavy atom. The Bertz CT molecular complexity index is 571. The maximum atomic E-state index is 11.9. The van der Waals surface area contributed by atoms with Crippen molar-refractivity contribution in [3.63, 3.8) is 0 Å². The number of piperazine rings is 1. The van der Waals surface area contributed by atoms with Crippen LogP contribution in [0.2, 0.25) is 0 Å². The molecule has 1 aliphatic heterocycles. The molecule has 1 saturated heterocycles. The fourth-order valence-corrected chi connectivity index (χ4v) is 2.43. The number of amides is 2. The SMILES string of the molecule is Cc1c(N)cnc(N2CC(=O)NC(=O)C2(C)C)c1Br. The molecule has 0 atom stereocenters. The van der Waals surface area contributed by atoms with Crippen LogP contribution in [-0.4, -0.2) is 28.9 Å². The van der Waals surface area contributed by atoms with Gasteiger partial charge in [0.2, 0.25) is 5.91 Å². The van der Waals surface area contributed by atoms with Gasteiger partial charge in [-0.15, -0.1) is 0 Å². The molecule has 7 heteroatoms. The lowest BCUT2D eigenvalue weighted by Crippen LogP contribution is -2.64. The molecule has 1 aromatic rings. The Hall–Kier alpha value is -1.63. The van der Waals surface area contributed by atoms with Gasteiger partial charge in [-0.05, 0) is 42.3 Å². The summed E-state index contributed by atoms with van der Waals surface area (Å²) in [6.45, 7) is 5.42. The van der Waals surface area contributed by atoms with E-state index in [1.165, 1.54) is 6.20 Å². The average molecular weight is 327 g/mol. The second-order valence-corrected chi connectivity index (χ2v) is 5.79. The highest BCUT2D eigenvalue weighted by Gasteiger charge is 2.42. The smallest absolute Gasteiger partial charge is 0.251 e. The van der Waals surface area contributed by atoms with E-state index >= 15 is 0 Å². The topological polar surface area (TPSA) is 88.3 Å². The number of carbonyl (C=O) groups excluding carboxylic acids is 2. The number of halogens is 1. The lowest BCUT2D eigenvalue weighted by atomic mass is 9.98. The summed E-state index contributed by atoms with van der Waals surface area (Å²) in [5.41, 5.74) is 6.32. The maximum absolute atomic E-state index is 11.9. The summed E-state index contributed by atoms with van der Waals surface area (Å²) in [6, 6.07) is 0. The van der Waals surface area contributed by atoms with Gasteiger partial charge in [0, 0.05) is 0 Å². The van der Waals surface area contributed by atoms with Crippen molar-refractivity contribution in [2.24, 2.45) is 0 Å². The van der Waals surface area contributed by atoms with E-state index in [1.54, 1.807) is 18.7 Å². The van der Waals surface area contributed by atoms with E-state index in [0.717, 1.165) is 5.56 Å². The van der Waals surface area contributed by atoms with Gasteiger partial charge in [0.25, 0.3) is 5.91 Å². The minimum atomic E-state index is -0.855. The highest BCUT2D eigenvalue weighted by Crippen LogP contribution is 2.34. The van der Waals surface area contributed by atoms with Gasteiger partial charge in [-0.3, -0.25) is 14.9 Å². The minimum absolute atomic E-state index is 0.0771. The number of pyridine rings is 1. The fraction of sp³-hybridized carbons (Fsp3) is 0.417. The van der Waals surface area contributed by atoms with Crippen molar-refractivity contribution in [2.75, 3.05) is 17.2 Å². The molecule has 1 aliphatic rings. The van der Waals surface area contributed by atoms with Crippen LogP contribution in [0, 0.1) is 6.92 Å². The van der Waals surface area contributed by atoms with E-state index in [-0.39, 0.29) is 18.4 Å². The standard InChI is InChI=1S/C12H15BrN4O2/c1-6-7(14)4-15-10(9(6)13)17-5-8(18)16-11(19)12(17,2)3/h4H,5,14H2,1-3H3,(H,16,18,19). The number of carbonyl (C=O) groups is 2. The molecule has 3 N–H and O–H groups in total. The third-order valence-corrected chi connectivity index (χ3v) is 4.27. The number of imide groups is 1. The van der Waals surface area contributed by atoms with Crippen LogP contribution in [0.5, 0.6) is 0 Å². The van der Waals surface area contributed by atoms with Crippen LogP contribution in [0.4, 0.5) is 11.5 Å². The molecule has 0 aliphatic carbocycles. The molecular formula is C12H15BrN4O2. The highest BCUT2D eigenvalue weighted by molar-refractivity contribution is 9.10. The molecular weight excluding hydrogens is 312 g/mol. The molecule has 2 amide bonds. The van der Waals surface area contributed by atoms with Crippen LogP contribution in [-0.2, 0) is 9.59 Å². The predicted octanol–water partition coefficient (Wildman–Crippen LogP) is 0.976. The van der Waals surface area contributed by atoms with Crippen LogP contribution in [0.3, 0.4) is 0 Å². The van der Waals surface area contributed by atoms with Crippen LogP contribution in [0.25, 0.3) is 0 Å². The van der Waals surface area contributed by atoms with Crippen molar-refractivity contribution < 1.29 is 9.59 Å². The van der Waals surface area contributed by atoms with E-state index in [2.05, 4.69) is 26.2 Å². The van der Waals surface area contributed by atoms with Crippen LogP contribution in [0.15, 0.2) is 10.7 Å². The summed E-state index contributed by atoms with van der Waals surface area (Å²) in [5.74, 6) is -0.140. The highest BCUT2D eigenvalue weighted by atomic mass is 79.9. The molecule has 1 fully saturated rings. The van der Waals surface area contributed by atoms with Gasteiger partial charge in [0.15, 0.2) is 0 Å². The number of anilines is 2. The van der Waals surface area contributed by atoms with E-state index < -0.39 is 5.54 Å². The van der Waals surface area contributed by atoms with Gasteiger partial charge in [0.05, 0.1) is 22.9 Å². The third kappa shape index (κ3) is 2.18. The summed E-state index contributed by atoms with van der Waals surface area (Å²) in [4.78, 5) is 29.4. The van der Waals surface area contributed by atoms with Crippen molar-refractivity contribution in [1.29, 1.82) is 0 Å². The van der Waals surface area contributed by atoms with Crippen LogP contribution >= 0.6 is 15.9 Å². The number of nitrogen functional groups attached to an aromatic ring is 1. The van der Waals surface area contributed by atoms with E-state index in [4.69, 9.17) is 5.73 Å². The molecule has 0 bridgehead atoms. The largest absolute Gasteiger partial charge is 0.397 e. The quantitative estimate of drug-likeness (QED) is 0.751. The third-order valence-electron chi connectivity index (χ3n) is 3.33. The molecule has 1 aromatic heterocycles. The number of hydrogen-bond donors (Lipinski definition) is 2. The fourth-order valence-electron chi connectivity index (χ4n) is 1.89. The zero-order valence-electron chi connectivity index (χ0n) is 11.0. The first kappa shape index (κ1) is 13.8. The first-order valence-corrected chi connectivity index (χ1v) is 6.57. The Morgan fingerprint density at radius 3 is 2.74 bits per heavy atom. The van der Waals surface area contributed by atoms with Gasteiger partial charge < -0.3 is 10.6 Å². The molecule has 0 unspecified atom stereocenters. The second-order valence-electron chi connectivity index (χ2n) is 5.00. The summed E-state index contributed by atoms with van der Waals surface area (Å²) in [7, 11) is 0. The number of nitrogens with two attached hydrogens (primary N) is 1. The van der Waals surface area contributed by atoms with Crippen molar-refractivity contribution in [3.05, 3.63) is 16.2 Å². The van der Waals surface area contributed by atoms with E-state index in [9.17, 15) is 9.59 Å². The lowest BCUT2D eigenvalue weighted by molar-refractivity contribution is -0.135. The Balaban J connectivity index is 2.53. The number of nitrogens with zero attached hydrogens (tertiary/aromatic N) is 2. The first-order chi connectivity index (χ1) is 8.75. The van der Waals surface area contributed by atoms with Gasteiger partial charge in [-0.25, -0.2) is 4.98 Å². The minimum Gasteiger partial charge on any atom is -0.397 e. The molecule has 102 valence electrons. The van der Waals surface area contributed by atoms with E-state index in [0.29, 0.717) is 16.0 Å². The number of rotatable bonds is 1. The predicted molar refractivity (Wildman–Crippen MR) is 75.7 cm³/mol. The van der Waals surface area contributed by atoms with Crippen molar-refractivity contribution in [2.45, 2.75) is 26.3 Å². The second kappa shape index (κ2) is 4.48. The molecule has 0 radical (unpaired) electrons. The van der Waals surface area contributed by atoms with Gasteiger partial charge in [0.1, 0.15) is 11.4 Å². The van der Waals surface area contributed by atoms with Crippen LogP contribution in [0.1, 0.15) is 19.4 Å². The van der Waals surface area contributed by atoms with Crippen molar-refractivity contribution in [3.8, 4) is 0 Å². The number of hydrogen-bond acceptors (Lipinski definition) is 5. The van der Waals surface area contributed by atoms with Crippen molar-refractivity contribution >= 4 is 39.2 Å². The Morgan fingerprint density at radius 1 is 1.47 bits per heavy atom. The average Bonchev–Trinajstić information content (AvgIpc) is 2.32. The summed E-state index contributed by atoms with van der Waals surface area (Å²) < 4.78 is 0.697. The monoisotopic (exact) mass is 326 g/mol. The molecule has 0 saturated carbocycles. The van der Waals surface area contributed by atoms with Gasteiger partial charge in [-0.2, -0.15) is 0 Å². The summed E-state index contributed by atoms with van der Waals surface area (Å²) >= 11 is 3.43. The van der Waals surface area contributed by atoms with Crippen molar-refractivity contribution in [1.82, 2.24) is 10.3 Å².